The van der Waals surface area contributed by atoms with Crippen molar-refractivity contribution in [1.82, 2.24) is 20.9 Å². The Balaban J connectivity index is 1.81. The molecule has 0 bridgehead atoms. The van der Waals surface area contributed by atoms with E-state index in [4.69, 9.17) is 22.9 Å². The van der Waals surface area contributed by atoms with Crippen LogP contribution in [0.5, 0.6) is 0 Å². The van der Waals surface area contributed by atoms with Gasteiger partial charge in [-0.15, -0.1) is 0 Å². The smallest absolute Gasteiger partial charge is 0.326 e. The normalized spacial score (nSPS) is 13.5. The number of aliphatic imine (C=N–C) groups is 1. The number of para-hydroxylation sites is 1. The van der Waals surface area contributed by atoms with Gasteiger partial charge in [-0.1, -0.05) is 48.5 Å². The molecule has 13 N–H and O–H groups in total. The van der Waals surface area contributed by atoms with Gasteiger partial charge in [-0.25, -0.2) is 4.79 Å². The lowest BCUT2D eigenvalue weighted by Gasteiger charge is -2.25. The number of fused-ring (bicyclic) bond motifs is 1. The highest BCUT2D eigenvalue weighted by Gasteiger charge is 2.31. The summed E-state index contributed by atoms with van der Waals surface area (Å²) >= 11 is 0. The molecular weight excluding hydrogens is 582 g/mol. The number of nitrogens with zero attached hydrogens (tertiary/aromatic N) is 1. The zero-order valence-electron chi connectivity index (χ0n) is 24.6. The molecule has 0 spiro atoms. The van der Waals surface area contributed by atoms with E-state index in [1.165, 1.54) is 0 Å². The summed E-state index contributed by atoms with van der Waals surface area (Å²) in [4.78, 5) is 70.6. The molecule has 0 saturated carbocycles. The van der Waals surface area contributed by atoms with Crippen LogP contribution in [0.25, 0.3) is 10.9 Å². The van der Waals surface area contributed by atoms with Gasteiger partial charge in [0.1, 0.15) is 18.1 Å². The van der Waals surface area contributed by atoms with Crippen molar-refractivity contribution in [3.8, 4) is 0 Å². The molecule has 4 atom stereocenters. The fourth-order valence-corrected chi connectivity index (χ4v) is 4.69. The Labute approximate surface area is 259 Å². The molecule has 0 aliphatic carbocycles. The number of aliphatic carboxylic acids is 1. The molecule has 4 unspecified atom stereocenters. The van der Waals surface area contributed by atoms with Crippen LogP contribution >= 0.6 is 0 Å². The Bertz CT molecular complexity index is 1520. The summed E-state index contributed by atoms with van der Waals surface area (Å²) in [6.07, 6.45) is 1.48. The van der Waals surface area contributed by atoms with E-state index in [1.807, 2.05) is 30.3 Å². The quantitative estimate of drug-likeness (QED) is 0.0494. The Morgan fingerprint density at radius 1 is 0.800 bits per heavy atom. The van der Waals surface area contributed by atoms with E-state index >= 15 is 0 Å². The predicted octanol–water partition coefficient (Wildman–Crippen LogP) is -1.25. The van der Waals surface area contributed by atoms with E-state index < -0.39 is 60.2 Å². The first-order valence-electron chi connectivity index (χ1n) is 14.3. The van der Waals surface area contributed by atoms with Crippen LogP contribution in [0.15, 0.2) is 65.8 Å². The Kier molecular flexibility index (Phi) is 12.4. The number of nitrogens with two attached hydrogens (primary N) is 4. The largest absolute Gasteiger partial charge is 0.480 e. The number of guanidine groups is 1. The van der Waals surface area contributed by atoms with Crippen LogP contribution < -0.4 is 38.9 Å². The van der Waals surface area contributed by atoms with Crippen LogP contribution in [0, 0.1) is 0 Å². The van der Waals surface area contributed by atoms with Gasteiger partial charge in [-0.05, 0) is 36.5 Å². The lowest BCUT2D eigenvalue weighted by Crippen LogP contribution is -2.58. The van der Waals surface area contributed by atoms with Gasteiger partial charge in [0.25, 0.3) is 0 Å². The molecule has 1 heterocycles. The second kappa shape index (κ2) is 16.4. The van der Waals surface area contributed by atoms with Crippen molar-refractivity contribution >= 4 is 46.5 Å². The molecule has 15 nitrogen and oxygen atoms in total. The molecule has 3 rings (SSSR count). The van der Waals surface area contributed by atoms with Crippen LogP contribution in [0.3, 0.4) is 0 Å². The number of carbonyl (C=O) groups is 5. The number of carboxylic acids is 1. The van der Waals surface area contributed by atoms with Crippen molar-refractivity contribution in [1.29, 1.82) is 0 Å². The number of aromatic nitrogens is 1. The highest BCUT2D eigenvalue weighted by molar-refractivity contribution is 5.96. The fraction of sp³-hybridized carbons (Fsp3) is 0.333. The number of aromatic amines is 1. The summed E-state index contributed by atoms with van der Waals surface area (Å²) in [5.41, 5.74) is 24.3. The van der Waals surface area contributed by atoms with E-state index in [0.717, 1.165) is 16.5 Å². The molecule has 0 fully saturated rings. The van der Waals surface area contributed by atoms with Crippen molar-refractivity contribution in [2.24, 2.45) is 27.9 Å². The first-order valence-corrected chi connectivity index (χ1v) is 14.3. The van der Waals surface area contributed by atoms with Crippen molar-refractivity contribution in [2.45, 2.75) is 56.3 Å². The van der Waals surface area contributed by atoms with Gasteiger partial charge in [0.2, 0.25) is 23.6 Å². The number of hydrogen-bond donors (Lipinski definition) is 9. The molecule has 4 amide bonds. The minimum atomic E-state index is -1.45. The monoisotopic (exact) mass is 621 g/mol. The fourth-order valence-electron chi connectivity index (χ4n) is 4.69. The average Bonchev–Trinajstić information content (AvgIpc) is 3.40. The third-order valence-corrected chi connectivity index (χ3v) is 6.97. The molecule has 0 radical (unpaired) electrons. The van der Waals surface area contributed by atoms with Crippen LogP contribution in [0.1, 0.15) is 30.4 Å². The maximum atomic E-state index is 13.5. The molecule has 15 heteroatoms. The first-order chi connectivity index (χ1) is 21.4. The lowest BCUT2D eigenvalue weighted by atomic mass is 10.0. The zero-order valence-corrected chi connectivity index (χ0v) is 24.6. The predicted molar refractivity (Wildman–Crippen MR) is 167 cm³/mol. The molecular formula is C30H39N9O6. The maximum absolute atomic E-state index is 13.5. The Morgan fingerprint density at radius 2 is 1.42 bits per heavy atom. The summed E-state index contributed by atoms with van der Waals surface area (Å²) in [5.74, 6) is -4.70. The first kappa shape index (κ1) is 34.1. The number of nitrogens with one attached hydrogen (secondary N) is 4. The van der Waals surface area contributed by atoms with Crippen LogP contribution in [-0.2, 0) is 36.8 Å². The van der Waals surface area contributed by atoms with Gasteiger partial charge in [-0.2, -0.15) is 0 Å². The molecule has 45 heavy (non-hydrogen) atoms. The number of carboxylic acid groups (broad SMARTS) is 1. The second-order valence-electron chi connectivity index (χ2n) is 10.5. The van der Waals surface area contributed by atoms with E-state index in [1.54, 1.807) is 30.5 Å². The van der Waals surface area contributed by atoms with E-state index in [-0.39, 0.29) is 38.2 Å². The lowest BCUT2D eigenvalue weighted by molar-refractivity contribution is -0.142. The standard InChI is InChI=1S/C30H39N9O6/c31-20(13-17-7-2-1-3-8-17)26(41)38-24(15-25(32)40)28(43)39-23(14-18-16-36-21-10-5-4-9-19(18)21)27(42)37-22(29(44)45)11-6-12-35-30(33)34/h1-5,7-10,16,20,22-24,36H,6,11-15,31H2,(H2,32,40)(H,37,42)(H,38,41)(H,39,43)(H,44,45)(H4,33,34,35). The summed E-state index contributed by atoms with van der Waals surface area (Å²) < 4.78 is 0. The highest BCUT2D eigenvalue weighted by Crippen LogP contribution is 2.19. The number of amides is 4. The average molecular weight is 622 g/mol. The van der Waals surface area contributed by atoms with Gasteiger partial charge < -0.3 is 49.0 Å². The maximum Gasteiger partial charge on any atom is 0.326 e. The van der Waals surface area contributed by atoms with Gasteiger partial charge in [0.05, 0.1) is 12.5 Å². The van der Waals surface area contributed by atoms with Crippen LogP contribution in [0.4, 0.5) is 0 Å². The third-order valence-electron chi connectivity index (χ3n) is 6.97. The van der Waals surface area contributed by atoms with Crippen molar-refractivity contribution in [3.63, 3.8) is 0 Å². The van der Waals surface area contributed by atoms with Gasteiger partial charge in [0.15, 0.2) is 5.96 Å². The Morgan fingerprint density at radius 3 is 2.09 bits per heavy atom. The van der Waals surface area contributed by atoms with Crippen molar-refractivity contribution in [3.05, 3.63) is 71.9 Å². The van der Waals surface area contributed by atoms with Crippen molar-refractivity contribution in [2.75, 3.05) is 6.54 Å². The topological polar surface area (TPSA) is 274 Å². The highest BCUT2D eigenvalue weighted by atomic mass is 16.4. The molecule has 2 aromatic carbocycles. The number of primary amides is 1. The van der Waals surface area contributed by atoms with Gasteiger partial charge >= 0.3 is 5.97 Å². The second-order valence-corrected chi connectivity index (χ2v) is 10.5. The number of benzene rings is 2. The van der Waals surface area contributed by atoms with Crippen molar-refractivity contribution < 1.29 is 29.1 Å². The molecule has 0 saturated heterocycles. The van der Waals surface area contributed by atoms with E-state index in [0.29, 0.717) is 5.56 Å². The summed E-state index contributed by atoms with van der Waals surface area (Å²) in [6.45, 7) is 0.151. The number of hydrogen-bond acceptors (Lipinski definition) is 7. The number of rotatable bonds is 17. The van der Waals surface area contributed by atoms with Gasteiger partial charge in [0, 0.05) is 30.1 Å². The van der Waals surface area contributed by atoms with E-state index in [2.05, 4.69) is 25.9 Å². The molecule has 0 aliphatic rings. The number of H-pyrrole nitrogens is 1. The summed E-state index contributed by atoms with van der Waals surface area (Å²) in [6, 6.07) is 11.2. The minimum Gasteiger partial charge on any atom is -0.480 e. The molecule has 0 aliphatic heterocycles. The molecule has 1 aromatic heterocycles. The minimum absolute atomic E-state index is 0.00522. The summed E-state index contributed by atoms with van der Waals surface area (Å²) in [7, 11) is 0. The molecule has 240 valence electrons. The Hall–Kier alpha value is -5.44. The number of carbonyl (C=O) groups excluding carboxylic acids is 4. The molecule has 3 aromatic rings. The SMILES string of the molecule is NC(=O)CC(NC(=O)C(N)Cc1ccccc1)C(=O)NC(Cc1c[nH]c2ccccc12)C(=O)NC(CCCN=C(N)N)C(=O)O. The third kappa shape index (κ3) is 10.7. The van der Waals surface area contributed by atoms with Crippen LogP contribution in [-0.4, -0.2) is 76.4 Å². The zero-order chi connectivity index (χ0) is 32.9. The summed E-state index contributed by atoms with van der Waals surface area (Å²) in [5, 5.41) is 18.0. The van der Waals surface area contributed by atoms with Gasteiger partial charge in [-0.3, -0.25) is 24.2 Å². The van der Waals surface area contributed by atoms with Crippen LogP contribution in [0.2, 0.25) is 0 Å². The van der Waals surface area contributed by atoms with E-state index in [9.17, 15) is 29.1 Å².